The van der Waals surface area contributed by atoms with E-state index in [0.717, 1.165) is 36.5 Å². The van der Waals surface area contributed by atoms with Crippen LogP contribution in [0.3, 0.4) is 0 Å². The summed E-state index contributed by atoms with van der Waals surface area (Å²) in [5.41, 5.74) is 7.56. The number of halogens is 3. The van der Waals surface area contributed by atoms with Crippen molar-refractivity contribution >= 4 is 76.8 Å². The maximum Gasteiger partial charge on any atom is 0.343 e. The van der Waals surface area contributed by atoms with Crippen molar-refractivity contribution in [3.8, 4) is 16.9 Å². The lowest BCUT2D eigenvalue weighted by Crippen LogP contribution is -2.19. The Hall–Kier alpha value is -3.53. The lowest BCUT2D eigenvalue weighted by Gasteiger charge is -2.11. The van der Waals surface area contributed by atoms with Gasteiger partial charge in [-0.15, -0.1) is 0 Å². The summed E-state index contributed by atoms with van der Waals surface area (Å²) >= 11 is 10.3. The largest absolute Gasteiger partial charge is 0.421 e. The van der Waals surface area contributed by atoms with E-state index in [1.807, 2.05) is 49.4 Å². The highest BCUT2D eigenvalue weighted by Gasteiger charge is 2.20. The van der Waals surface area contributed by atoms with Gasteiger partial charge in [-0.25, -0.2) is 10.2 Å². The molecular formula is C30H20Br3N3O3. The fraction of sp³-hybridized carbons (Fsp3) is 0.0333. The molecule has 0 fully saturated rings. The first-order valence-corrected chi connectivity index (χ1v) is 14.2. The maximum atomic E-state index is 13.3. The topological polar surface area (TPSA) is 83.6 Å². The molecule has 0 saturated heterocycles. The lowest BCUT2D eigenvalue weighted by atomic mass is 10.0. The highest BCUT2D eigenvalue weighted by molar-refractivity contribution is 9.11. The van der Waals surface area contributed by atoms with Crippen LogP contribution in [0.2, 0.25) is 0 Å². The number of hydrogen-bond acceptors (Lipinski definition) is 4. The number of hydrogen-bond donors (Lipinski definition) is 2. The second kappa shape index (κ2) is 11.7. The van der Waals surface area contributed by atoms with Gasteiger partial charge in [0, 0.05) is 31.0 Å². The van der Waals surface area contributed by atoms with Crippen LogP contribution in [0.5, 0.6) is 5.75 Å². The van der Waals surface area contributed by atoms with Gasteiger partial charge in [-0.05, 0) is 76.9 Å². The maximum absolute atomic E-state index is 13.3. The summed E-state index contributed by atoms with van der Waals surface area (Å²) in [4.78, 5) is 29.3. The zero-order valence-electron chi connectivity index (χ0n) is 20.5. The summed E-state index contributed by atoms with van der Waals surface area (Å²) in [6.07, 6.45) is 1.44. The van der Waals surface area contributed by atoms with E-state index < -0.39 is 11.9 Å². The third-order valence-electron chi connectivity index (χ3n) is 5.93. The Labute approximate surface area is 249 Å². The molecule has 9 heteroatoms. The van der Waals surface area contributed by atoms with E-state index in [1.54, 1.807) is 36.4 Å². The van der Waals surface area contributed by atoms with Crippen molar-refractivity contribution in [2.75, 3.05) is 0 Å². The summed E-state index contributed by atoms with van der Waals surface area (Å²) in [6, 6.07) is 26.1. The molecule has 1 aromatic heterocycles. The Morgan fingerprint density at radius 1 is 0.897 bits per heavy atom. The summed E-state index contributed by atoms with van der Waals surface area (Å²) in [7, 11) is 0. The van der Waals surface area contributed by atoms with Crippen LogP contribution in [0.1, 0.15) is 32.0 Å². The normalized spacial score (nSPS) is 11.2. The molecule has 39 heavy (non-hydrogen) atoms. The Morgan fingerprint density at radius 2 is 1.64 bits per heavy atom. The first-order chi connectivity index (χ1) is 18.8. The number of fused-ring (bicyclic) bond motifs is 1. The highest BCUT2D eigenvalue weighted by atomic mass is 79.9. The second-order valence-corrected chi connectivity index (χ2v) is 11.4. The summed E-state index contributed by atoms with van der Waals surface area (Å²) in [5, 5.41) is 5.14. The molecule has 0 aliphatic rings. The third kappa shape index (κ3) is 6.06. The Morgan fingerprint density at radius 3 is 2.38 bits per heavy atom. The molecule has 0 unspecified atom stereocenters. The summed E-state index contributed by atoms with van der Waals surface area (Å²) in [6.45, 7) is 2.02. The number of aromatic amines is 1. The van der Waals surface area contributed by atoms with Crippen LogP contribution in [0.25, 0.3) is 22.0 Å². The molecule has 0 aliphatic heterocycles. The number of nitrogens with zero attached hydrogens (tertiary/aromatic N) is 1. The summed E-state index contributed by atoms with van der Waals surface area (Å²) in [5.74, 6) is -0.651. The quantitative estimate of drug-likeness (QED) is 0.0804. The van der Waals surface area contributed by atoms with Crippen molar-refractivity contribution in [3.05, 3.63) is 121 Å². The van der Waals surface area contributed by atoms with Gasteiger partial charge in [0.2, 0.25) is 0 Å². The first kappa shape index (κ1) is 27.1. The third-order valence-corrected chi connectivity index (χ3v) is 7.50. The van der Waals surface area contributed by atoms with Gasteiger partial charge in [0.05, 0.1) is 16.3 Å². The van der Waals surface area contributed by atoms with Crippen LogP contribution in [0.15, 0.2) is 103 Å². The molecule has 4 aromatic carbocycles. The second-order valence-electron chi connectivity index (χ2n) is 8.69. The van der Waals surface area contributed by atoms with Gasteiger partial charge in [-0.1, -0.05) is 73.8 Å². The van der Waals surface area contributed by atoms with E-state index in [1.165, 1.54) is 6.21 Å². The molecule has 0 aliphatic carbocycles. The van der Waals surface area contributed by atoms with Gasteiger partial charge in [-0.3, -0.25) is 4.79 Å². The lowest BCUT2D eigenvalue weighted by molar-refractivity contribution is 0.0733. The van der Waals surface area contributed by atoms with Gasteiger partial charge in [0.25, 0.3) is 5.91 Å². The number of aryl methyl sites for hydroxylation is 1. The fourth-order valence-electron chi connectivity index (χ4n) is 4.12. The van der Waals surface area contributed by atoms with Crippen LogP contribution in [0, 0.1) is 6.92 Å². The van der Waals surface area contributed by atoms with Gasteiger partial charge >= 0.3 is 5.97 Å². The number of hydrazone groups is 1. The van der Waals surface area contributed by atoms with Crippen LogP contribution in [-0.2, 0) is 0 Å². The number of aromatic nitrogens is 1. The van der Waals surface area contributed by atoms with Gasteiger partial charge in [-0.2, -0.15) is 5.10 Å². The van der Waals surface area contributed by atoms with E-state index in [9.17, 15) is 9.59 Å². The number of amides is 1. The van der Waals surface area contributed by atoms with Crippen molar-refractivity contribution in [1.82, 2.24) is 10.4 Å². The number of H-pyrrole nitrogens is 1. The molecule has 1 amide bonds. The Bertz CT molecular complexity index is 1730. The van der Waals surface area contributed by atoms with Gasteiger partial charge in [0.1, 0.15) is 5.69 Å². The number of carbonyl (C=O) groups excluding carboxylic acids is 2. The molecule has 194 valence electrons. The van der Waals surface area contributed by atoms with E-state index in [4.69, 9.17) is 4.74 Å². The molecular weight excluding hydrogens is 690 g/mol. The van der Waals surface area contributed by atoms with Crippen LogP contribution in [0.4, 0.5) is 0 Å². The first-order valence-electron chi connectivity index (χ1n) is 11.8. The molecule has 0 bridgehead atoms. The van der Waals surface area contributed by atoms with Crippen molar-refractivity contribution in [2.24, 2.45) is 5.10 Å². The molecule has 0 atom stereocenters. The minimum Gasteiger partial charge on any atom is -0.421 e. The van der Waals surface area contributed by atoms with E-state index in [0.29, 0.717) is 21.3 Å². The molecule has 2 N–H and O–H groups in total. The van der Waals surface area contributed by atoms with Crippen molar-refractivity contribution < 1.29 is 14.3 Å². The number of carbonyl (C=O) groups is 2. The predicted octanol–water partition coefficient (Wildman–Crippen LogP) is 8.41. The molecule has 6 nitrogen and oxygen atoms in total. The minimum absolute atomic E-state index is 0.273. The molecule has 0 spiro atoms. The highest BCUT2D eigenvalue weighted by Crippen LogP contribution is 2.34. The van der Waals surface area contributed by atoms with E-state index in [2.05, 4.69) is 69.4 Å². The predicted molar refractivity (Wildman–Crippen MR) is 164 cm³/mol. The average Bonchev–Trinajstić information content (AvgIpc) is 3.30. The number of benzene rings is 4. The standard InChI is InChI=1S/C30H20Br3N3O3/c1-17-7-12-25-23(13-17)26(18-5-3-2-4-6-18)27(35-25)29(37)36-34-16-20-14-22(32)15-24(33)28(20)39-30(38)19-8-10-21(31)11-9-19/h2-16,35H,1H3,(H,36,37). The van der Waals surface area contributed by atoms with Crippen molar-refractivity contribution in [3.63, 3.8) is 0 Å². The van der Waals surface area contributed by atoms with Crippen molar-refractivity contribution in [1.29, 1.82) is 0 Å². The number of ether oxygens (including phenoxy) is 1. The number of esters is 1. The monoisotopic (exact) mass is 707 g/mol. The SMILES string of the molecule is Cc1ccc2[nH]c(C(=O)NN=Cc3cc(Br)cc(Br)c3OC(=O)c3ccc(Br)cc3)c(-c3ccccc3)c2c1. The molecule has 0 saturated carbocycles. The van der Waals surface area contributed by atoms with Crippen LogP contribution in [-0.4, -0.2) is 23.1 Å². The Balaban J connectivity index is 1.43. The van der Waals surface area contributed by atoms with E-state index >= 15 is 0 Å². The van der Waals surface area contributed by atoms with Gasteiger partial charge in [0.15, 0.2) is 5.75 Å². The number of rotatable bonds is 6. The zero-order chi connectivity index (χ0) is 27.5. The van der Waals surface area contributed by atoms with E-state index in [-0.39, 0.29) is 5.75 Å². The zero-order valence-corrected chi connectivity index (χ0v) is 25.2. The molecule has 1 heterocycles. The molecule has 0 radical (unpaired) electrons. The fourth-order valence-corrected chi connectivity index (χ4v) is 5.72. The molecule has 5 rings (SSSR count). The van der Waals surface area contributed by atoms with Gasteiger partial charge < -0.3 is 9.72 Å². The summed E-state index contributed by atoms with van der Waals surface area (Å²) < 4.78 is 7.84. The average molecular weight is 710 g/mol. The number of nitrogens with one attached hydrogen (secondary N) is 2. The Kier molecular flexibility index (Phi) is 8.11. The van der Waals surface area contributed by atoms with Crippen LogP contribution < -0.4 is 10.2 Å². The van der Waals surface area contributed by atoms with Crippen molar-refractivity contribution in [2.45, 2.75) is 6.92 Å². The van der Waals surface area contributed by atoms with Crippen LogP contribution >= 0.6 is 47.8 Å². The molecule has 5 aromatic rings. The smallest absolute Gasteiger partial charge is 0.343 e. The minimum atomic E-state index is -0.523.